The lowest BCUT2D eigenvalue weighted by Gasteiger charge is -2.18. The van der Waals surface area contributed by atoms with Gasteiger partial charge in [-0.1, -0.05) is 323 Å². The van der Waals surface area contributed by atoms with E-state index in [1.807, 2.05) is 0 Å². The minimum atomic E-state index is -0.790. The van der Waals surface area contributed by atoms with Crippen molar-refractivity contribution in [2.24, 2.45) is 0 Å². The minimum Gasteiger partial charge on any atom is -0.462 e. The van der Waals surface area contributed by atoms with Crippen LogP contribution in [0, 0.1) is 0 Å². The first-order chi connectivity index (χ1) is 39.5. The molecule has 80 heavy (non-hydrogen) atoms. The van der Waals surface area contributed by atoms with E-state index < -0.39 is 6.10 Å². The molecule has 458 valence electrons. The molecule has 0 aromatic heterocycles. The van der Waals surface area contributed by atoms with Gasteiger partial charge in [0.05, 0.1) is 0 Å². The highest BCUT2D eigenvalue weighted by atomic mass is 16.6. The Hall–Kier alpha value is -3.93. The molecule has 0 aromatic rings. The van der Waals surface area contributed by atoms with Gasteiger partial charge in [-0.15, -0.1) is 0 Å². The maximum Gasteiger partial charge on any atom is 0.306 e. The Morgan fingerprint density at radius 3 is 0.762 bits per heavy atom. The molecule has 0 bridgehead atoms. The lowest BCUT2D eigenvalue weighted by molar-refractivity contribution is -0.167. The van der Waals surface area contributed by atoms with Crippen molar-refractivity contribution < 1.29 is 28.6 Å². The van der Waals surface area contributed by atoms with Gasteiger partial charge in [0, 0.05) is 19.3 Å². The van der Waals surface area contributed by atoms with Gasteiger partial charge >= 0.3 is 17.9 Å². The fourth-order valence-electron chi connectivity index (χ4n) is 9.50. The van der Waals surface area contributed by atoms with Crippen LogP contribution in [0.5, 0.6) is 0 Å². The van der Waals surface area contributed by atoms with Gasteiger partial charge in [0.25, 0.3) is 0 Å². The van der Waals surface area contributed by atoms with E-state index in [1.165, 1.54) is 161 Å². The van der Waals surface area contributed by atoms with E-state index in [0.29, 0.717) is 19.3 Å². The summed E-state index contributed by atoms with van der Waals surface area (Å²) in [7, 11) is 0. The van der Waals surface area contributed by atoms with Gasteiger partial charge in [0.2, 0.25) is 0 Å². The predicted octanol–water partition coefficient (Wildman–Crippen LogP) is 23.4. The first-order valence-corrected chi connectivity index (χ1v) is 33.9. The third kappa shape index (κ3) is 64.9. The number of unbranched alkanes of at least 4 members (excludes halogenated alkanes) is 32. The first kappa shape index (κ1) is 76.1. The summed E-state index contributed by atoms with van der Waals surface area (Å²) in [4.78, 5) is 38.2. The summed E-state index contributed by atoms with van der Waals surface area (Å²) in [5, 5.41) is 0. The van der Waals surface area contributed by atoms with Crippen LogP contribution in [-0.4, -0.2) is 37.2 Å². The average Bonchev–Trinajstić information content (AvgIpc) is 3.46. The normalized spacial score (nSPS) is 12.8. The Balaban J connectivity index is 4.26. The van der Waals surface area contributed by atoms with Crippen LogP contribution >= 0.6 is 0 Å². The molecule has 0 spiro atoms. The molecule has 0 rings (SSSR count). The first-order valence-electron chi connectivity index (χ1n) is 33.9. The Morgan fingerprint density at radius 1 is 0.263 bits per heavy atom. The van der Waals surface area contributed by atoms with Crippen molar-refractivity contribution in [3.63, 3.8) is 0 Å². The molecule has 6 nitrogen and oxygen atoms in total. The van der Waals surface area contributed by atoms with Crippen LogP contribution in [0.25, 0.3) is 0 Å². The Bertz CT molecular complexity index is 1610. The SMILES string of the molecule is CC/C=C\C/C=C\C/C=C\C/C=C\C/C=C\C/C=C\C/C=C\C/C=C\C/C=C\CCCCCC(=O)OCC(COC(=O)CCCCCCCCCCC)OC(=O)CCCCCCCCCCCCCCCCCCCCCCCC. The maximum atomic E-state index is 12.9. The highest BCUT2D eigenvalue weighted by molar-refractivity contribution is 5.71. The topological polar surface area (TPSA) is 78.9 Å². The molecule has 0 aliphatic heterocycles. The van der Waals surface area contributed by atoms with Gasteiger partial charge < -0.3 is 14.2 Å². The van der Waals surface area contributed by atoms with Crippen molar-refractivity contribution >= 4 is 17.9 Å². The van der Waals surface area contributed by atoms with Crippen molar-refractivity contribution in [1.29, 1.82) is 0 Å². The number of hydrogen-bond donors (Lipinski definition) is 0. The summed E-state index contributed by atoms with van der Waals surface area (Å²) < 4.78 is 16.9. The van der Waals surface area contributed by atoms with Crippen molar-refractivity contribution in [2.45, 2.75) is 329 Å². The van der Waals surface area contributed by atoms with E-state index in [9.17, 15) is 14.4 Å². The molecule has 6 heteroatoms. The second-order valence-corrected chi connectivity index (χ2v) is 22.4. The van der Waals surface area contributed by atoms with Gasteiger partial charge in [-0.3, -0.25) is 14.4 Å². The molecule has 0 heterocycles. The Labute approximate surface area is 495 Å². The largest absolute Gasteiger partial charge is 0.462 e. The smallest absolute Gasteiger partial charge is 0.306 e. The summed E-state index contributed by atoms with van der Waals surface area (Å²) >= 11 is 0. The highest BCUT2D eigenvalue weighted by Crippen LogP contribution is 2.17. The number of hydrogen-bond acceptors (Lipinski definition) is 6. The van der Waals surface area contributed by atoms with E-state index in [0.717, 1.165) is 122 Å². The molecular formula is C74H126O6. The summed E-state index contributed by atoms with van der Waals surface area (Å²) in [6.45, 7) is 6.51. The minimum absolute atomic E-state index is 0.0854. The highest BCUT2D eigenvalue weighted by Gasteiger charge is 2.19. The molecule has 0 saturated carbocycles. The van der Waals surface area contributed by atoms with Gasteiger partial charge in [-0.05, 0) is 89.9 Å². The molecule has 0 fully saturated rings. The van der Waals surface area contributed by atoms with E-state index >= 15 is 0 Å². The monoisotopic (exact) mass is 1110 g/mol. The summed E-state index contributed by atoms with van der Waals surface area (Å²) in [5.74, 6) is -0.911. The van der Waals surface area contributed by atoms with Crippen LogP contribution in [-0.2, 0) is 28.6 Å². The number of carbonyl (C=O) groups is 3. The molecule has 0 saturated heterocycles. The third-order valence-electron chi connectivity index (χ3n) is 14.5. The lowest BCUT2D eigenvalue weighted by atomic mass is 10.0. The Kier molecular flexibility index (Phi) is 64.3. The average molecular weight is 1110 g/mol. The molecule has 1 atom stereocenters. The van der Waals surface area contributed by atoms with E-state index in [-0.39, 0.29) is 31.1 Å². The zero-order chi connectivity index (χ0) is 57.8. The number of allylic oxidation sites excluding steroid dienone is 18. The third-order valence-corrected chi connectivity index (χ3v) is 14.5. The maximum absolute atomic E-state index is 12.9. The molecule has 0 aromatic carbocycles. The molecule has 0 radical (unpaired) electrons. The molecule has 1 unspecified atom stereocenters. The van der Waals surface area contributed by atoms with Gasteiger partial charge in [0.15, 0.2) is 6.10 Å². The molecule has 0 amide bonds. The zero-order valence-electron chi connectivity index (χ0n) is 52.6. The lowest BCUT2D eigenvalue weighted by Crippen LogP contribution is -2.30. The van der Waals surface area contributed by atoms with Crippen LogP contribution in [0.4, 0.5) is 0 Å². The molecule has 0 aliphatic rings. The Morgan fingerprint density at radius 2 is 0.487 bits per heavy atom. The van der Waals surface area contributed by atoms with Crippen LogP contribution < -0.4 is 0 Å². The van der Waals surface area contributed by atoms with Crippen LogP contribution in [0.2, 0.25) is 0 Å². The van der Waals surface area contributed by atoms with Crippen molar-refractivity contribution in [3.8, 4) is 0 Å². The van der Waals surface area contributed by atoms with E-state index in [4.69, 9.17) is 14.2 Å². The standard InChI is InChI=1S/C74H126O6/c1-4-7-10-13-16-19-21-23-25-27-29-31-33-34-35-36-37-38-39-40-41-43-44-46-48-50-52-55-58-61-64-67-73(76)79-70-71(69-78-72(75)66-63-60-57-54-18-15-12-9-6-3)80-74(77)68-65-62-59-56-53-51-49-47-45-42-32-30-28-26-24-22-20-17-14-11-8-5-2/h7,10,16,19,23,25,29,31,34-35,37-38,40-41,44,46,50,52,71H,4-6,8-9,11-15,17-18,20-22,24,26-28,30,32-33,36,39,42-43,45,47-49,51,53-70H2,1-3H3/b10-7-,19-16-,25-23-,31-29-,35-34-,38-37-,41-40-,46-44-,52-50-. The van der Waals surface area contributed by atoms with Gasteiger partial charge in [-0.25, -0.2) is 0 Å². The van der Waals surface area contributed by atoms with Crippen LogP contribution in [0.3, 0.4) is 0 Å². The number of esters is 3. The van der Waals surface area contributed by atoms with Crippen LogP contribution in [0.15, 0.2) is 109 Å². The predicted molar refractivity (Wildman–Crippen MR) is 348 cm³/mol. The van der Waals surface area contributed by atoms with Gasteiger partial charge in [0.1, 0.15) is 13.2 Å². The van der Waals surface area contributed by atoms with Crippen LogP contribution in [0.1, 0.15) is 323 Å². The number of ether oxygens (including phenoxy) is 3. The number of rotatable bonds is 61. The van der Waals surface area contributed by atoms with Crippen molar-refractivity contribution in [2.75, 3.05) is 13.2 Å². The fraction of sp³-hybridized carbons (Fsp3) is 0.716. The quantitative estimate of drug-likeness (QED) is 0.0261. The number of carbonyl (C=O) groups excluding carboxylic acids is 3. The van der Waals surface area contributed by atoms with Crippen molar-refractivity contribution in [1.82, 2.24) is 0 Å². The van der Waals surface area contributed by atoms with E-state index in [2.05, 4.69) is 130 Å². The summed E-state index contributed by atoms with van der Waals surface area (Å²) in [6, 6.07) is 0. The second-order valence-electron chi connectivity index (χ2n) is 22.4. The summed E-state index contributed by atoms with van der Waals surface area (Å²) in [5.41, 5.74) is 0. The molecule has 0 aliphatic carbocycles. The molecular weight excluding hydrogens is 985 g/mol. The molecule has 0 N–H and O–H groups in total. The second kappa shape index (κ2) is 67.6. The zero-order valence-corrected chi connectivity index (χ0v) is 52.6. The van der Waals surface area contributed by atoms with Gasteiger partial charge in [-0.2, -0.15) is 0 Å². The summed E-state index contributed by atoms with van der Waals surface area (Å²) in [6.07, 6.45) is 92.6. The van der Waals surface area contributed by atoms with E-state index in [1.54, 1.807) is 0 Å². The fourth-order valence-corrected chi connectivity index (χ4v) is 9.50. The van der Waals surface area contributed by atoms with Crippen molar-refractivity contribution in [3.05, 3.63) is 109 Å².